The van der Waals surface area contributed by atoms with Gasteiger partial charge in [-0.15, -0.1) is 5.10 Å². The number of nitrogens with one attached hydrogen (secondary N) is 1. The summed E-state index contributed by atoms with van der Waals surface area (Å²) in [6.45, 7) is 0.460. The van der Waals surface area contributed by atoms with E-state index in [-0.39, 0.29) is 24.7 Å². The molecule has 29 heavy (non-hydrogen) atoms. The molecule has 0 fully saturated rings. The fourth-order valence-corrected chi connectivity index (χ4v) is 3.06. The van der Waals surface area contributed by atoms with Gasteiger partial charge in [0.05, 0.1) is 23.3 Å². The van der Waals surface area contributed by atoms with E-state index in [2.05, 4.69) is 15.6 Å². The van der Waals surface area contributed by atoms with E-state index < -0.39 is 0 Å². The number of urea groups is 1. The number of para-hydroxylation sites is 2. The van der Waals surface area contributed by atoms with E-state index >= 15 is 0 Å². The number of fused-ring (bicyclic) bond motifs is 1. The zero-order valence-corrected chi connectivity index (χ0v) is 15.6. The first kappa shape index (κ1) is 18.4. The molecule has 1 heterocycles. The summed E-state index contributed by atoms with van der Waals surface area (Å²) < 4.78 is 1.26. The maximum absolute atomic E-state index is 12.9. The topological polar surface area (TPSA) is 80.1 Å². The van der Waals surface area contributed by atoms with E-state index in [4.69, 9.17) is 0 Å². The van der Waals surface area contributed by atoms with E-state index in [0.717, 1.165) is 11.4 Å². The van der Waals surface area contributed by atoms with Crippen LogP contribution < -0.4 is 15.8 Å². The molecule has 0 bridgehead atoms. The van der Waals surface area contributed by atoms with Crippen molar-refractivity contribution in [3.8, 4) is 0 Å². The van der Waals surface area contributed by atoms with Gasteiger partial charge in [-0.2, -0.15) is 0 Å². The molecular weight excluding hydrogens is 366 g/mol. The van der Waals surface area contributed by atoms with Crippen LogP contribution in [0.5, 0.6) is 0 Å². The maximum atomic E-state index is 12.9. The summed E-state index contributed by atoms with van der Waals surface area (Å²) in [4.78, 5) is 27.0. The second kappa shape index (κ2) is 8.35. The summed E-state index contributed by atoms with van der Waals surface area (Å²) in [6.07, 6.45) is 0. The van der Waals surface area contributed by atoms with Gasteiger partial charge < -0.3 is 5.32 Å². The number of carbonyl (C=O) groups is 1. The summed E-state index contributed by atoms with van der Waals surface area (Å²) in [5.74, 6) is 0. The quantitative estimate of drug-likeness (QED) is 0.571. The van der Waals surface area contributed by atoms with Gasteiger partial charge in [0, 0.05) is 6.54 Å². The van der Waals surface area contributed by atoms with Crippen molar-refractivity contribution in [3.63, 3.8) is 0 Å². The molecule has 7 nitrogen and oxygen atoms in total. The van der Waals surface area contributed by atoms with Crippen molar-refractivity contribution in [1.29, 1.82) is 0 Å². The molecular formula is C22H19N5O2. The molecule has 1 aromatic heterocycles. The Kier molecular flexibility index (Phi) is 5.29. The van der Waals surface area contributed by atoms with Crippen molar-refractivity contribution >= 4 is 28.3 Å². The van der Waals surface area contributed by atoms with Gasteiger partial charge in [-0.25, -0.2) is 9.48 Å². The highest BCUT2D eigenvalue weighted by Gasteiger charge is 2.17. The fourth-order valence-electron chi connectivity index (χ4n) is 3.06. The van der Waals surface area contributed by atoms with Crippen molar-refractivity contribution in [1.82, 2.24) is 20.3 Å². The summed E-state index contributed by atoms with van der Waals surface area (Å²) in [5.41, 5.74) is 1.82. The lowest BCUT2D eigenvalue weighted by atomic mass is 10.2. The lowest BCUT2D eigenvalue weighted by Crippen LogP contribution is -2.39. The van der Waals surface area contributed by atoms with Crippen LogP contribution in [-0.2, 0) is 6.54 Å². The Labute approximate surface area is 167 Å². The summed E-state index contributed by atoms with van der Waals surface area (Å²) in [7, 11) is 0. The first-order valence-electron chi connectivity index (χ1n) is 9.24. The second-order valence-corrected chi connectivity index (χ2v) is 6.37. The molecule has 3 aromatic carbocycles. The third-order valence-corrected chi connectivity index (χ3v) is 4.46. The summed E-state index contributed by atoms with van der Waals surface area (Å²) >= 11 is 0. The molecule has 0 aliphatic rings. The van der Waals surface area contributed by atoms with Crippen molar-refractivity contribution < 1.29 is 4.79 Å². The SMILES string of the molecule is O=C(NCCn1nnc2ccccc2c1=O)N(c1ccccc1)c1ccccc1. The van der Waals surface area contributed by atoms with Crippen LogP contribution in [0.4, 0.5) is 16.2 Å². The highest BCUT2D eigenvalue weighted by molar-refractivity contribution is 5.99. The van der Waals surface area contributed by atoms with Gasteiger partial charge in [-0.3, -0.25) is 9.69 Å². The molecule has 0 radical (unpaired) electrons. The van der Waals surface area contributed by atoms with Crippen molar-refractivity contribution in [2.45, 2.75) is 6.54 Å². The molecule has 0 saturated carbocycles. The van der Waals surface area contributed by atoms with Gasteiger partial charge in [0.15, 0.2) is 0 Å². The Balaban J connectivity index is 1.50. The van der Waals surface area contributed by atoms with Crippen LogP contribution in [0.15, 0.2) is 89.7 Å². The van der Waals surface area contributed by atoms with Gasteiger partial charge >= 0.3 is 6.03 Å². The Hall–Kier alpha value is -4.00. The lowest BCUT2D eigenvalue weighted by molar-refractivity contribution is 0.248. The number of anilines is 2. The Bertz CT molecular complexity index is 1140. The third-order valence-electron chi connectivity index (χ3n) is 4.46. The van der Waals surface area contributed by atoms with Gasteiger partial charge in [-0.1, -0.05) is 53.7 Å². The van der Waals surface area contributed by atoms with Crippen LogP contribution in [-0.4, -0.2) is 27.6 Å². The van der Waals surface area contributed by atoms with Gasteiger partial charge in [0.25, 0.3) is 5.56 Å². The Morgan fingerprint density at radius 3 is 2.10 bits per heavy atom. The zero-order chi connectivity index (χ0) is 20.1. The molecule has 4 aromatic rings. The highest BCUT2D eigenvalue weighted by atomic mass is 16.2. The zero-order valence-electron chi connectivity index (χ0n) is 15.6. The van der Waals surface area contributed by atoms with Crippen LogP contribution >= 0.6 is 0 Å². The number of aromatic nitrogens is 3. The van der Waals surface area contributed by atoms with Gasteiger partial charge in [-0.05, 0) is 36.4 Å². The van der Waals surface area contributed by atoms with Crippen molar-refractivity contribution in [2.24, 2.45) is 0 Å². The Morgan fingerprint density at radius 2 is 1.45 bits per heavy atom. The van der Waals surface area contributed by atoms with E-state index in [9.17, 15) is 9.59 Å². The van der Waals surface area contributed by atoms with Crippen molar-refractivity contribution in [3.05, 3.63) is 95.3 Å². The standard InChI is InChI=1S/C22H19N5O2/c28-21-19-13-7-8-14-20(19)24-25-26(21)16-15-23-22(29)27(17-9-3-1-4-10-17)18-11-5-2-6-12-18/h1-14H,15-16H2,(H,23,29). The first-order valence-corrected chi connectivity index (χ1v) is 9.24. The smallest absolute Gasteiger partial charge is 0.326 e. The van der Waals surface area contributed by atoms with Crippen LogP contribution in [0.1, 0.15) is 0 Å². The molecule has 2 amide bonds. The minimum atomic E-state index is -0.288. The molecule has 0 saturated heterocycles. The van der Waals surface area contributed by atoms with Gasteiger partial charge in [0.2, 0.25) is 0 Å². The number of hydrogen-bond donors (Lipinski definition) is 1. The summed E-state index contributed by atoms with van der Waals surface area (Å²) in [5, 5.41) is 11.4. The van der Waals surface area contributed by atoms with E-state index in [1.807, 2.05) is 66.7 Å². The molecule has 0 aliphatic carbocycles. The predicted molar refractivity (Wildman–Crippen MR) is 112 cm³/mol. The average molecular weight is 385 g/mol. The number of amides is 2. The fraction of sp³-hybridized carbons (Fsp3) is 0.0909. The first-order chi connectivity index (χ1) is 14.2. The molecule has 0 aliphatic heterocycles. The number of nitrogens with zero attached hydrogens (tertiary/aromatic N) is 4. The molecule has 0 atom stereocenters. The predicted octanol–water partition coefficient (Wildman–Crippen LogP) is 3.34. The molecule has 0 unspecified atom stereocenters. The molecule has 144 valence electrons. The monoisotopic (exact) mass is 385 g/mol. The van der Waals surface area contributed by atoms with Crippen LogP contribution in [0.3, 0.4) is 0 Å². The van der Waals surface area contributed by atoms with Crippen LogP contribution in [0.25, 0.3) is 10.9 Å². The van der Waals surface area contributed by atoms with Gasteiger partial charge in [0.1, 0.15) is 5.52 Å². The maximum Gasteiger partial charge on any atom is 0.326 e. The minimum absolute atomic E-state index is 0.222. The lowest BCUT2D eigenvalue weighted by Gasteiger charge is -2.23. The van der Waals surface area contributed by atoms with E-state index in [0.29, 0.717) is 10.9 Å². The minimum Gasteiger partial charge on any atom is -0.336 e. The third kappa shape index (κ3) is 3.98. The largest absolute Gasteiger partial charge is 0.336 e. The number of hydrogen-bond acceptors (Lipinski definition) is 4. The van der Waals surface area contributed by atoms with E-state index in [1.165, 1.54) is 4.68 Å². The van der Waals surface area contributed by atoms with E-state index in [1.54, 1.807) is 23.1 Å². The molecule has 7 heteroatoms. The number of carbonyl (C=O) groups excluding carboxylic acids is 1. The highest BCUT2D eigenvalue weighted by Crippen LogP contribution is 2.24. The van der Waals surface area contributed by atoms with Crippen LogP contribution in [0, 0.1) is 0 Å². The second-order valence-electron chi connectivity index (χ2n) is 6.37. The number of rotatable bonds is 5. The molecule has 0 spiro atoms. The Morgan fingerprint density at radius 1 is 0.862 bits per heavy atom. The van der Waals surface area contributed by atoms with Crippen LogP contribution in [0.2, 0.25) is 0 Å². The molecule has 4 rings (SSSR count). The number of benzene rings is 3. The van der Waals surface area contributed by atoms with Crippen molar-refractivity contribution in [2.75, 3.05) is 11.4 Å². The molecule has 1 N–H and O–H groups in total. The normalized spacial score (nSPS) is 10.6. The summed E-state index contributed by atoms with van der Waals surface area (Å²) in [6, 6.07) is 25.5. The average Bonchev–Trinajstić information content (AvgIpc) is 2.77.